The molecule has 1 N–H and O–H groups in total. The second-order valence-electron chi connectivity index (χ2n) is 5.55. The van der Waals surface area contributed by atoms with E-state index >= 15 is 0 Å². The molecule has 0 radical (unpaired) electrons. The van der Waals surface area contributed by atoms with Crippen molar-refractivity contribution in [1.82, 2.24) is 4.98 Å². The van der Waals surface area contributed by atoms with Crippen LogP contribution in [0.2, 0.25) is 0 Å². The number of ether oxygens (including phenoxy) is 1. The van der Waals surface area contributed by atoms with Gasteiger partial charge in [0.25, 0.3) is 5.56 Å². The number of aromatic nitrogens is 1. The molecule has 134 valence electrons. The molecule has 1 aromatic heterocycles. The van der Waals surface area contributed by atoms with Gasteiger partial charge < -0.3 is 13.9 Å². The smallest absolute Gasteiger partial charge is 0.347 e. The van der Waals surface area contributed by atoms with Gasteiger partial charge in [-0.1, -0.05) is 29.8 Å². The molecule has 0 amide bonds. The van der Waals surface area contributed by atoms with Crippen LogP contribution in [0.15, 0.2) is 58.2 Å². The van der Waals surface area contributed by atoms with Crippen molar-refractivity contribution in [2.24, 2.45) is 0 Å². The van der Waals surface area contributed by atoms with Crippen molar-refractivity contribution in [3.05, 3.63) is 70.0 Å². The van der Waals surface area contributed by atoms with Crippen LogP contribution in [0.5, 0.6) is 5.75 Å². The number of aromatic amines is 1. The number of aryl methyl sites for hydroxylation is 1. The Morgan fingerprint density at radius 1 is 1.04 bits per heavy atom. The van der Waals surface area contributed by atoms with E-state index in [0.717, 1.165) is 12.7 Å². The van der Waals surface area contributed by atoms with Gasteiger partial charge >= 0.3 is 16.1 Å². The predicted octanol–water partition coefficient (Wildman–Crippen LogP) is 2.39. The second-order valence-corrected chi connectivity index (χ2v) is 7.09. The van der Waals surface area contributed by atoms with Crippen LogP contribution >= 0.6 is 0 Å². The Bertz CT molecular complexity index is 1150. The molecule has 0 fully saturated rings. The highest BCUT2D eigenvalue weighted by Gasteiger charge is 2.26. The molecule has 0 aliphatic heterocycles. The molecule has 1 heterocycles. The van der Waals surface area contributed by atoms with Crippen molar-refractivity contribution in [2.75, 3.05) is 7.11 Å². The molecule has 3 aromatic rings. The molecule has 0 atom stereocenters. The van der Waals surface area contributed by atoms with E-state index in [2.05, 4.69) is 9.72 Å². The molecule has 0 saturated heterocycles. The van der Waals surface area contributed by atoms with Gasteiger partial charge in [-0.15, -0.1) is 0 Å². The molecule has 0 aliphatic rings. The standard InChI is InChI=1S/C18H15NO6S/c1-11-7-9-12(10-8-11)26(22,23)25-16-13-5-3-4-6-14(13)19-17(20)15(16)18(21)24-2/h3-10H,1-2H3,(H,19,20). The normalized spacial score (nSPS) is 11.3. The van der Waals surface area contributed by atoms with E-state index in [1.807, 2.05) is 6.92 Å². The molecular weight excluding hydrogens is 358 g/mol. The van der Waals surface area contributed by atoms with Crippen LogP contribution in [-0.2, 0) is 14.9 Å². The zero-order valence-corrected chi connectivity index (χ0v) is 14.8. The zero-order chi connectivity index (χ0) is 18.9. The van der Waals surface area contributed by atoms with Crippen molar-refractivity contribution in [3.63, 3.8) is 0 Å². The summed E-state index contributed by atoms with van der Waals surface area (Å²) in [5, 5.41) is 0.267. The monoisotopic (exact) mass is 373 g/mol. The number of esters is 1. The van der Waals surface area contributed by atoms with E-state index in [-0.39, 0.29) is 16.0 Å². The third kappa shape index (κ3) is 3.18. The number of carbonyl (C=O) groups excluding carboxylic acids is 1. The van der Waals surface area contributed by atoms with Gasteiger partial charge in [-0.3, -0.25) is 4.79 Å². The number of hydrogen-bond donors (Lipinski definition) is 1. The minimum atomic E-state index is -4.26. The van der Waals surface area contributed by atoms with Crippen LogP contribution in [0.25, 0.3) is 10.9 Å². The van der Waals surface area contributed by atoms with Crippen molar-refractivity contribution >= 4 is 27.0 Å². The summed E-state index contributed by atoms with van der Waals surface area (Å²) < 4.78 is 35.1. The first-order valence-electron chi connectivity index (χ1n) is 7.58. The SMILES string of the molecule is COC(=O)c1c(OS(=O)(=O)c2ccc(C)cc2)c2ccccc2[nH]c1=O. The van der Waals surface area contributed by atoms with Crippen molar-refractivity contribution in [2.45, 2.75) is 11.8 Å². The highest BCUT2D eigenvalue weighted by Crippen LogP contribution is 2.29. The number of rotatable bonds is 4. The van der Waals surface area contributed by atoms with Crippen LogP contribution < -0.4 is 9.74 Å². The van der Waals surface area contributed by atoms with Gasteiger partial charge in [0.1, 0.15) is 4.90 Å². The first-order chi connectivity index (χ1) is 12.3. The molecule has 0 aliphatic carbocycles. The Hall–Kier alpha value is -3.13. The van der Waals surface area contributed by atoms with Gasteiger partial charge in [-0.2, -0.15) is 8.42 Å². The molecule has 0 unspecified atom stereocenters. The van der Waals surface area contributed by atoms with Gasteiger partial charge in [0.15, 0.2) is 11.3 Å². The number of methoxy groups -OCH3 is 1. The summed E-state index contributed by atoms with van der Waals surface area (Å²) in [6.45, 7) is 1.82. The summed E-state index contributed by atoms with van der Waals surface area (Å²) in [5.41, 5.74) is -0.105. The van der Waals surface area contributed by atoms with Gasteiger partial charge in [0, 0.05) is 5.39 Å². The number of fused-ring (bicyclic) bond motifs is 1. The Kier molecular flexibility index (Phi) is 4.52. The van der Waals surface area contributed by atoms with E-state index in [1.54, 1.807) is 30.3 Å². The number of pyridine rings is 1. The van der Waals surface area contributed by atoms with Crippen LogP contribution in [-0.4, -0.2) is 26.5 Å². The minimum absolute atomic E-state index is 0.0942. The van der Waals surface area contributed by atoms with Gasteiger partial charge in [-0.05, 0) is 31.2 Å². The number of para-hydroxylation sites is 1. The number of carbonyl (C=O) groups is 1. The highest BCUT2D eigenvalue weighted by atomic mass is 32.2. The fraction of sp³-hybridized carbons (Fsp3) is 0.111. The molecule has 7 nitrogen and oxygen atoms in total. The second kappa shape index (κ2) is 6.64. The first-order valence-corrected chi connectivity index (χ1v) is 8.99. The molecule has 0 saturated carbocycles. The number of hydrogen-bond acceptors (Lipinski definition) is 6. The Balaban J connectivity index is 2.24. The Morgan fingerprint density at radius 2 is 1.69 bits per heavy atom. The van der Waals surface area contributed by atoms with E-state index in [9.17, 15) is 18.0 Å². The largest absolute Gasteiger partial charge is 0.465 e. The average molecular weight is 373 g/mol. The van der Waals surface area contributed by atoms with E-state index in [4.69, 9.17) is 4.18 Å². The third-order valence-electron chi connectivity index (χ3n) is 3.77. The third-order valence-corrected chi connectivity index (χ3v) is 5.00. The number of H-pyrrole nitrogens is 1. The van der Waals surface area contributed by atoms with E-state index in [1.165, 1.54) is 18.2 Å². The summed E-state index contributed by atoms with van der Waals surface area (Å²) in [5.74, 6) is -1.36. The van der Waals surface area contributed by atoms with E-state index < -0.39 is 27.2 Å². The van der Waals surface area contributed by atoms with Crippen molar-refractivity contribution in [3.8, 4) is 5.75 Å². The summed E-state index contributed by atoms with van der Waals surface area (Å²) in [7, 11) is -3.17. The topological polar surface area (TPSA) is 103 Å². The lowest BCUT2D eigenvalue weighted by atomic mass is 10.1. The van der Waals surface area contributed by atoms with Crippen LogP contribution in [0, 0.1) is 6.92 Å². The van der Waals surface area contributed by atoms with Gasteiger partial charge in [0.05, 0.1) is 12.6 Å². The summed E-state index contributed by atoms with van der Waals surface area (Å²) in [4.78, 5) is 26.8. The lowest BCUT2D eigenvalue weighted by Crippen LogP contribution is -2.22. The maximum Gasteiger partial charge on any atom is 0.347 e. The summed E-state index contributed by atoms with van der Waals surface area (Å²) in [6.07, 6.45) is 0. The first kappa shape index (κ1) is 17.7. The molecule has 0 bridgehead atoms. The summed E-state index contributed by atoms with van der Waals surface area (Å²) >= 11 is 0. The lowest BCUT2D eigenvalue weighted by Gasteiger charge is -2.12. The molecule has 3 rings (SSSR count). The molecular formula is C18H15NO6S. The molecule has 26 heavy (non-hydrogen) atoms. The van der Waals surface area contributed by atoms with Gasteiger partial charge in [-0.25, -0.2) is 4.79 Å². The molecule has 0 spiro atoms. The Morgan fingerprint density at radius 3 is 2.35 bits per heavy atom. The average Bonchev–Trinajstić information content (AvgIpc) is 2.61. The van der Waals surface area contributed by atoms with Crippen molar-refractivity contribution < 1.29 is 22.1 Å². The molecule has 8 heteroatoms. The highest BCUT2D eigenvalue weighted by molar-refractivity contribution is 7.87. The predicted molar refractivity (Wildman–Crippen MR) is 94.9 cm³/mol. The number of benzene rings is 2. The minimum Gasteiger partial charge on any atom is -0.465 e. The van der Waals surface area contributed by atoms with Crippen LogP contribution in [0.1, 0.15) is 15.9 Å². The van der Waals surface area contributed by atoms with Gasteiger partial charge in [0.2, 0.25) is 0 Å². The zero-order valence-electron chi connectivity index (χ0n) is 14.0. The molecule has 2 aromatic carbocycles. The quantitative estimate of drug-likeness (QED) is 0.556. The van der Waals surface area contributed by atoms with Crippen LogP contribution in [0.4, 0.5) is 0 Å². The Labute approximate surface area is 149 Å². The van der Waals surface area contributed by atoms with E-state index in [0.29, 0.717) is 5.52 Å². The number of nitrogens with one attached hydrogen (secondary N) is 1. The maximum atomic E-state index is 12.6. The maximum absolute atomic E-state index is 12.6. The summed E-state index contributed by atoms with van der Waals surface area (Å²) in [6, 6.07) is 12.4. The van der Waals surface area contributed by atoms with Crippen LogP contribution in [0.3, 0.4) is 0 Å². The fourth-order valence-electron chi connectivity index (χ4n) is 2.45. The fourth-order valence-corrected chi connectivity index (χ4v) is 3.41. The lowest BCUT2D eigenvalue weighted by molar-refractivity contribution is 0.0597. The van der Waals surface area contributed by atoms with Crippen molar-refractivity contribution in [1.29, 1.82) is 0 Å².